The summed E-state index contributed by atoms with van der Waals surface area (Å²) in [5.74, 6) is -8.04. The van der Waals surface area contributed by atoms with E-state index in [4.69, 9.17) is 0 Å². The molecule has 1 aliphatic rings. The predicted octanol–water partition coefficient (Wildman–Crippen LogP) is 5.14. The zero-order chi connectivity index (χ0) is 16.0. The first-order valence-electron chi connectivity index (χ1n) is 5.53. The lowest BCUT2D eigenvalue weighted by atomic mass is 9.83. The van der Waals surface area contributed by atoms with E-state index in [9.17, 15) is 35.1 Å². The molecule has 0 saturated heterocycles. The van der Waals surface area contributed by atoms with E-state index in [1.54, 1.807) is 0 Å². The summed E-state index contributed by atoms with van der Waals surface area (Å²) in [7, 11) is 0. The van der Waals surface area contributed by atoms with Gasteiger partial charge in [-0.1, -0.05) is 30.3 Å². The standard InChI is InChI=1S/C13H6F8/c14-8-7(6-4-2-1-3-5-6)10(16)12(18,13(19,20)21)11(17)9(8)15/h1-5,10H. The molecule has 0 amide bonds. The minimum atomic E-state index is -6.09. The fourth-order valence-corrected chi connectivity index (χ4v) is 1.95. The average molecular weight is 314 g/mol. The maximum absolute atomic E-state index is 13.9. The second-order valence-corrected chi connectivity index (χ2v) is 4.29. The van der Waals surface area contributed by atoms with Crippen LogP contribution in [-0.2, 0) is 0 Å². The molecule has 0 aromatic heterocycles. The maximum atomic E-state index is 13.9. The molecule has 21 heavy (non-hydrogen) atoms. The summed E-state index contributed by atoms with van der Waals surface area (Å²) in [4.78, 5) is 0. The van der Waals surface area contributed by atoms with Crippen molar-refractivity contribution < 1.29 is 35.1 Å². The Morgan fingerprint density at radius 1 is 0.905 bits per heavy atom. The number of alkyl halides is 5. The smallest absolute Gasteiger partial charge is 0.238 e. The van der Waals surface area contributed by atoms with Gasteiger partial charge in [0.15, 0.2) is 23.7 Å². The number of rotatable bonds is 1. The molecule has 0 fully saturated rings. The van der Waals surface area contributed by atoms with Gasteiger partial charge < -0.3 is 0 Å². The monoisotopic (exact) mass is 314 g/mol. The first-order chi connectivity index (χ1) is 9.62. The van der Waals surface area contributed by atoms with Gasteiger partial charge in [-0.3, -0.25) is 0 Å². The van der Waals surface area contributed by atoms with Crippen molar-refractivity contribution in [2.24, 2.45) is 0 Å². The quantitative estimate of drug-likeness (QED) is 0.630. The summed E-state index contributed by atoms with van der Waals surface area (Å²) in [5.41, 5.74) is -7.30. The number of hydrogen-bond donors (Lipinski definition) is 0. The molecule has 1 aromatic carbocycles. The van der Waals surface area contributed by atoms with Gasteiger partial charge >= 0.3 is 6.18 Å². The summed E-state index contributed by atoms with van der Waals surface area (Å²) in [5, 5.41) is 0. The molecule has 2 rings (SSSR count). The van der Waals surface area contributed by atoms with Gasteiger partial charge in [0, 0.05) is 5.57 Å². The van der Waals surface area contributed by atoms with E-state index in [0.717, 1.165) is 12.1 Å². The molecule has 2 unspecified atom stereocenters. The Labute approximate surface area is 113 Å². The van der Waals surface area contributed by atoms with Crippen molar-refractivity contribution in [1.82, 2.24) is 0 Å². The topological polar surface area (TPSA) is 0 Å². The lowest BCUT2D eigenvalue weighted by Gasteiger charge is -2.33. The van der Waals surface area contributed by atoms with Crippen LogP contribution in [0.15, 0.2) is 47.8 Å². The molecular weight excluding hydrogens is 308 g/mol. The van der Waals surface area contributed by atoms with E-state index in [1.165, 1.54) is 18.2 Å². The second-order valence-electron chi connectivity index (χ2n) is 4.29. The van der Waals surface area contributed by atoms with Crippen LogP contribution in [0, 0.1) is 0 Å². The molecule has 0 bridgehead atoms. The molecule has 1 aliphatic carbocycles. The van der Waals surface area contributed by atoms with E-state index in [2.05, 4.69) is 0 Å². The minimum absolute atomic E-state index is 0.517. The molecular formula is C13H6F8. The Hall–Kier alpha value is -1.86. The first-order valence-corrected chi connectivity index (χ1v) is 5.53. The van der Waals surface area contributed by atoms with Crippen LogP contribution in [0.3, 0.4) is 0 Å². The summed E-state index contributed by atoms with van der Waals surface area (Å²) in [6.07, 6.45) is -9.85. The third-order valence-corrected chi connectivity index (χ3v) is 3.04. The summed E-state index contributed by atoms with van der Waals surface area (Å²) >= 11 is 0. The largest absolute Gasteiger partial charge is 0.432 e. The van der Waals surface area contributed by atoms with Crippen LogP contribution in [0.1, 0.15) is 5.56 Å². The van der Waals surface area contributed by atoms with Gasteiger partial charge in [0.05, 0.1) is 0 Å². The van der Waals surface area contributed by atoms with E-state index in [0.29, 0.717) is 0 Å². The number of halogens is 8. The highest BCUT2D eigenvalue weighted by atomic mass is 19.4. The SMILES string of the molecule is FC1=C(c2ccccc2)C(F)C(F)(C(F)(F)F)C(F)=C1F. The molecule has 114 valence electrons. The molecule has 1 aromatic rings. The highest BCUT2D eigenvalue weighted by Gasteiger charge is 2.69. The van der Waals surface area contributed by atoms with Crippen LogP contribution >= 0.6 is 0 Å². The van der Waals surface area contributed by atoms with Crippen LogP contribution in [0.5, 0.6) is 0 Å². The Morgan fingerprint density at radius 2 is 1.43 bits per heavy atom. The van der Waals surface area contributed by atoms with Crippen LogP contribution in [-0.4, -0.2) is 18.0 Å². The van der Waals surface area contributed by atoms with Crippen LogP contribution in [0.2, 0.25) is 0 Å². The molecule has 2 atom stereocenters. The van der Waals surface area contributed by atoms with Crippen molar-refractivity contribution in [2.75, 3.05) is 0 Å². The minimum Gasteiger partial charge on any atom is -0.238 e. The zero-order valence-electron chi connectivity index (χ0n) is 9.99. The van der Waals surface area contributed by atoms with Gasteiger partial charge in [-0.05, 0) is 5.56 Å². The fourth-order valence-electron chi connectivity index (χ4n) is 1.95. The molecule has 0 spiro atoms. The predicted molar refractivity (Wildman–Crippen MR) is 58.5 cm³/mol. The van der Waals surface area contributed by atoms with Crippen LogP contribution < -0.4 is 0 Å². The number of benzene rings is 1. The highest BCUT2D eigenvalue weighted by Crippen LogP contribution is 2.54. The maximum Gasteiger partial charge on any atom is 0.432 e. The normalized spacial score (nSPS) is 27.3. The van der Waals surface area contributed by atoms with Crippen molar-refractivity contribution in [3.63, 3.8) is 0 Å². The van der Waals surface area contributed by atoms with Crippen molar-refractivity contribution >= 4 is 5.57 Å². The lowest BCUT2D eigenvalue weighted by molar-refractivity contribution is -0.235. The molecule has 8 heteroatoms. The van der Waals surface area contributed by atoms with Crippen molar-refractivity contribution in [1.29, 1.82) is 0 Å². The van der Waals surface area contributed by atoms with Gasteiger partial charge in [-0.15, -0.1) is 0 Å². The fraction of sp³-hybridized carbons (Fsp3) is 0.231. The molecule has 0 N–H and O–H groups in total. The van der Waals surface area contributed by atoms with E-state index < -0.39 is 46.6 Å². The lowest BCUT2D eigenvalue weighted by Crippen LogP contribution is -2.52. The van der Waals surface area contributed by atoms with E-state index in [1.807, 2.05) is 0 Å². The Morgan fingerprint density at radius 3 is 1.90 bits per heavy atom. The highest BCUT2D eigenvalue weighted by molar-refractivity contribution is 5.77. The first kappa shape index (κ1) is 15.5. The number of allylic oxidation sites excluding steroid dienone is 4. The number of hydrogen-bond acceptors (Lipinski definition) is 0. The molecule has 0 saturated carbocycles. The van der Waals surface area contributed by atoms with Gasteiger partial charge in [0.25, 0.3) is 5.67 Å². The summed E-state index contributed by atoms with van der Waals surface area (Å²) in [6.45, 7) is 0. The van der Waals surface area contributed by atoms with Gasteiger partial charge in [0.1, 0.15) is 0 Å². The van der Waals surface area contributed by atoms with Crippen LogP contribution in [0.4, 0.5) is 35.1 Å². The Kier molecular flexibility index (Phi) is 3.59. The molecule has 0 nitrogen and oxygen atoms in total. The van der Waals surface area contributed by atoms with Crippen molar-refractivity contribution in [2.45, 2.75) is 18.0 Å². The van der Waals surface area contributed by atoms with Gasteiger partial charge in [-0.25, -0.2) is 22.0 Å². The molecule has 0 heterocycles. The zero-order valence-corrected chi connectivity index (χ0v) is 9.99. The third kappa shape index (κ3) is 2.13. The van der Waals surface area contributed by atoms with Gasteiger partial charge in [-0.2, -0.15) is 13.2 Å². The van der Waals surface area contributed by atoms with Gasteiger partial charge in [0.2, 0.25) is 0 Å². The van der Waals surface area contributed by atoms with Crippen molar-refractivity contribution in [3.05, 3.63) is 53.4 Å². The third-order valence-electron chi connectivity index (χ3n) is 3.04. The van der Waals surface area contributed by atoms with E-state index in [-0.39, 0.29) is 0 Å². The van der Waals surface area contributed by atoms with Crippen molar-refractivity contribution in [3.8, 4) is 0 Å². The Bertz CT molecular complexity index is 613. The molecule has 0 radical (unpaired) electrons. The van der Waals surface area contributed by atoms with Crippen LogP contribution in [0.25, 0.3) is 5.57 Å². The summed E-state index contributed by atoms with van der Waals surface area (Å²) in [6, 6.07) is 5.67. The second kappa shape index (κ2) is 4.85. The average Bonchev–Trinajstić information content (AvgIpc) is 2.43. The Balaban J connectivity index is 2.72. The van der Waals surface area contributed by atoms with E-state index >= 15 is 0 Å². The summed E-state index contributed by atoms with van der Waals surface area (Å²) < 4.78 is 106. The molecule has 0 aliphatic heterocycles.